The van der Waals surface area contributed by atoms with E-state index in [2.05, 4.69) is 0 Å². The number of aryl methyl sites for hydroxylation is 2. The first kappa shape index (κ1) is 17.5. The third-order valence-electron chi connectivity index (χ3n) is 5.77. The smallest absolute Gasteiger partial charge is 0.307 e. The lowest BCUT2D eigenvalue weighted by Crippen LogP contribution is -2.41. The quantitative estimate of drug-likeness (QED) is 0.816. The number of amides is 1. The van der Waals surface area contributed by atoms with Crippen molar-refractivity contribution in [3.63, 3.8) is 0 Å². The molecule has 2 aromatic carbocycles. The van der Waals surface area contributed by atoms with Crippen LogP contribution in [0, 0.1) is 37.5 Å². The van der Waals surface area contributed by atoms with Crippen molar-refractivity contribution in [1.29, 1.82) is 0 Å². The molecule has 4 nitrogen and oxygen atoms in total. The molecule has 4 unspecified atom stereocenters. The van der Waals surface area contributed by atoms with Crippen LogP contribution in [-0.4, -0.2) is 17.0 Å². The molecule has 2 aliphatic rings. The summed E-state index contributed by atoms with van der Waals surface area (Å²) in [6.45, 7) is 3.98. The Kier molecular flexibility index (Phi) is 4.34. The first-order valence-electron chi connectivity index (χ1n) is 9.34. The maximum absolute atomic E-state index is 13.7. The Morgan fingerprint density at radius 2 is 1.41 bits per heavy atom. The number of benzene rings is 2. The van der Waals surface area contributed by atoms with E-state index in [1.54, 1.807) is 4.90 Å². The number of carbonyl (C=O) groups is 2. The van der Waals surface area contributed by atoms with Crippen molar-refractivity contribution >= 4 is 23.3 Å². The maximum atomic E-state index is 13.7. The van der Waals surface area contributed by atoms with Gasteiger partial charge in [0.05, 0.1) is 11.8 Å². The van der Waals surface area contributed by atoms with Crippen LogP contribution in [0.1, 0.15) is 17.5 Å². The first-order chi connectivity index (χ1) is 13.0. The fourth-order valence-corrected chi connectivity index (χ4v) is 4.58. The van der Waals surface area contributed by atoms with E-state index in [0.717, 1.165) is 28.9 Å². The summed E-state index contributed by atoms with van der Waals surface area (Å²) < 4.78 is 0. The summed E-state index contributed by atoms with van der Waals surface area (Å²) in [7, 11) is 0. The molecule has 1 saturated carbocycles. The molecule has 1 fully saturated rings. The Hall–Kier alpha value is -2.88. The van der Waals surface area contributed by atoms with Crippen LogP contribution in [-0.2, 0) is 9.59 Å². The van der Waals surface area contributed by atoms with E-state index in [4.69, 9.17) is 0 Å². The molecule has 4 atom stereocenters. The minimum atomic E-state index is -0.876. The molecule has 0 saturated heterocycles. The van der Waals surface area contributed by atoms with Gasteiger partial charge in [0.1, 0.15) is 0 Å². The number of carboxylic acid groups (broad SMARTS) is 1. The summed E-state index contributed by atoms with van der Waals surface area (Å²) in [5.74, 6) is -2.23. The van der Waals surface area contributed by atoms with Gasteiger partial charge in [-0.25, -0.2) is 0 Å². The van der Waals surface area contributed by atoms with E-state index in [0.29, 0.717) is 0 Å². The molecule has 2 bridgehead atoms. The zero-order chi connectivity index (χ0) is 19.1. The molecular formula is C23H23NO3. The van der Waals surface area contributed by atoms with Gasteiger partial charge >= 0.3 is 5.97 Å². The van der Waals surface area contributed by atoms with Crippen molar-refractivity contribution < 1.29 is 14.7 Å². The Morgan fingerprint density at radius 1 is 0.889 bits per heavy atom. The van der Waals surface area contributed by atoms with Gasteiger partial charge in [-0.1, -0.05) is 36.4 Å². The van der Waals surface area contributed by atoms with Crippen LogP contribution in [0.5, 0.6) is 0 Å². The SMILES string of the molecule is Cc1cccc(N(C(=O)C2C3C=CC(C3)C2C(=O)O)c2cccc(C)c2)c1. The second kappa shape index (κ2) is 6.69. The van der Waals surface area contributed by atoms with Crippen LogP contribution < -0.4 is 4.90 Å². The largest absolute Gasteiger partial charge is 0.481 e. The number of fused-ring (bicyclic) bond motifs is 2. The van der Waals surface area contributed by atoms with Gasteiger partial charge in [0.25, 0.3) is 0 Å². The number of hydrogen-bond donors (Lipinski definition) is 1. The van der Waals surface area contributed by atoms with Gasteiger partial charge < -0.3 is 5.11 Å². The molecule has 0 spiro atoms. The highest BCUT2D eigenvalue weighted by Crippen LogP contribution is 2.49. The van der Waals surface area contributed by atoms with Crippen LogP contribution >= 0.6 is 0 Å². The van der Waals surface area contributed by atoms with Crippen molar-refractivity contribution in [2.24, 2.45) is 23.7 Å². The molecule has 4 rings (SSSR count). The minimum absolute atomic E-state index is 0.000665. The molecule has 0 aliphatic heterocycles. The summed E-state index contributed by atoms with van der Waals surface area (Å²) in [6, 6.07) is 15.6. The molecule has 138 valence electrons. The number of carboxylic acids is 1. The Balaban J connectivity index is 1.80. The van der Waals surface area contributed by atoms with E-state index in [1.807, 2.05) is 74.5 Å². The highest BCUT2D eigenvalue weighted by molar-refractivity contribution is 6.04. The van der Waals surface area contributed by atoms with E-state index in [-0.39, 0.29) is 17.7 Å². The molecule has 1 amide bonds. The number of allylic oxidation sites excluding steroid dienone is 2. The molecule has 4 heteroatoms. The van der Waals surface area contributed by atoms with Gasteiger partial charge in [-0.3, -0.25) is 14.5 Å². The number of carbonyl (C=O) groups excluding carboxylic acids is 1. The van der Waals surface area contributed by atoms with Gasteiger partial charge in [-0.15, -0.1) is 0 Å². The molecule has 2 aliphatic carbocycles. The lowest BCUT2D eigenvalue weighted by molar-refractivity contribution is -0.147. The zero-order valence-corrected chi connectivity index (χ0v) is 15.5. The van der Waals surface area contributed by atoms with Gasteiger partial charge in [-0.2, -0.15) is 0 Å². The van der Waals surface area contributed by atoms with Crippen molar-refractivity contribution in [3.05, 3.63) is 71.8 Å². The summed E-state index contributed by atoms with van der Waals surface area (Å²) in [4.78, 5) is 27.3. The average Bonchev–Trinajstić information content (AvgIpc) is 3.23. The molecule has 2 aromatic rings. The van der Waals surface area contributed by atoms with E-state index in [1.165, 1.54) is 0 Å². The van der Waals surface area contributed by atoms with E-state index < -0.39 is 17.8 Å². The number of nitrogens with zero attached hydrogens (tertiary/aromatic N) is 1. The Morgan fingerprint density at radius 3 is 1.89 bits per heavy atom. The normalized spacial score (nSPS) is 25.6. The van der Waals surface area contributed by atoms with Crippen LogP contribution in [0.2, 0.25) is 0 Å². The highest BCUT2D eigenvalue weighted by atomic mass is 16.4. The van der Waals surface area contributed by atoms with Crippen molar-refractivity contribution in [3.8, 4) is 0 Å². The van der Waals surface area contributed by atoms with Crippen LogP contribution in [0.4, 0.5) is 11.4 Å². The second-order valence-electron chi connectivity index (χ2n) is 7.69. The summed E-state index contributed by atoms with van der Waals surface area (Å²) in [5, 5.41) is 9.76. The van der Waals surface area contributed by atoms with Crippen molar-refractivity contribution in [1.82, 2.24) is 0 Å². The third-order valence-corrected chi connectivity index (χ3v) is 5.77. The van der Waals surface area contributed by atoms with Crippen LogP contribution in [0.3, 0.4) is 0 Å². The molecule has 0 heterocycles. The maximum Gasteiger partial charge on any atom is 0.307 e. The second-order valence-corrected chi connectivity index (χ2v) is 7.69. The molecule has 0 radical (unpaired) electrons. The minimum Gasteiger partial charge on any atom is -0.481 e. The average molecular weight is 361 g/mol. The number of anilines is 2. The Labute approximate surface area is 159 Å². The predicted molar refractivity (Wildman–Crippen MR) is 105 cm³/mol. The number of aliphatic carboxylic acids is 1. The number of hydrogen-bond acceptors (Lipinski definition) is 2. The molecule has 27 heavy (non-hydrogen) atoms. The van der Waals surface area contributed by atoms with Gasteiger partial charge in [0, 0.05) is 11.4 Å². The summed E-state index contributed by atoms with van der Waals surface area (Å²) in [5.41, 5.74) is 3.67. The van der Waals surface area contributed by atoms with Crippen molar-refractivity contribution in [2.75, 3.05) is 4.90 Å². The van der Waals surface area contributed by atoms with Gasteiger partial charge in [0.15, 0.2) is 0 Å². The monoisotopic (exact) mass is 361 g/mol. The summed E-state index contributed by atoms with van der Waals surface area (Å²) >= 11 is 0. The number of rotatable bonds is 4. The fourth-order valence-electron chi connectivity index (χ4n) is 4.58. The van der Waals surface area contributed by atoms with E-state index >= 15 is 0 Å². The first-order valence-corrected chi connectivity index (χ1v) is 9.34. The lowest BCUT2D eigenvalue weighted by Gasteiger charge is -2.31. The fraction of sp³-hybridized carbons (Fsp3) is 0.304. The highest BCUT2D eigenvalue weighted by Gasteiger charge is 2.53. The van der Waals surface area contributed by atoms with E-state index in [9.17, 15) is 14.7 Å². The molecular weight excluding hydrogens is 338 g/mol. The Bertz CT molecular complexity index is 887. The molecule has 0 aromatic heterocycles. The third kappa shape index (κ3) is 3.05. The van der Waals surface area contributed by atoms with Crippen LogP contribution in [0.15, 0.2) is 60.7 Å². The van der Waals surface area contributed by atoms with Gasteiger partial charge in [-0.05, 0) is 67.5 Å². The summed E-state index contributed by atoms with van der Waals surface area (Å²) in [6.07, 6.45) is 4.75. The predicted octanol–water partition coefficient (Wildman–Crippen LogP) is 4.49. The lowest BCUT2D eigenvalue weighted by atomic mass is 9.82. The van der Waals surface area contributed by atoms with Gasteiger partial charge in [0.2, 0.25) is 5.91 Å². The standard InChI is InChI=1S/C23H23NO3/c1-14-5-3-7-18(11-14)24(19-8-4-6-15(2)12-19)22(25)20-16-9-10-17(13-16)21(20)23(26)27/h3-12,16-17,20-21H,13H2,1-2H3,(H,26,27). The molecule has 1 N–H and O–H groups in total. The topological polar surface area (TPSA) is 57.6 Å². The van der Waals surface area contributed by atoms with Crippen molar-refractivity contribution in [2.45, 2.75) is 20.3 Å². The van der Waals surface area contributed by atoms with Crippen LogP contribution in [0.25, 0.3) is 0 Å². The zero-order valence-electron chi connectivity index (χ0n) is 15.5.